The third-order valence-corrected chi connectivity index (χ3v) is 16.8. The Morgan fingerprint density at radius 1 is 0.883 bits per heavy atom. The second-order valence-electron chi connectivity index (χ2n) is 16.4. The van der Waals surface area contributed by atoms with Crippen molar-refractivity contribution < 1.29 is 54.1 Å². The SMILES string of the molecule is COc1ccc([Si](C)(C)[C@H]2[C@H](CC(=O)N(CCO)Cc3ccccc3)O[C@@]3(C(=O)N(Cc4cccc(NC(=O)[C@H]5O[C@@H](O)[C@H](O)[C@@H](O)[C@@H]5O)c4)c4ccccc43)[C@@H]2C)cc1. The number of hydrogen-bond donors (Lipinski definition) is 6. The molecule has 0 aromatic heterocycles. The predicted octanol–water partition coefficient (Wildman–Crippen LogP) is 2.61. The van der Waals surface area contributed by atoms with Gasteiger partial charge >= 0.3 is 0 Å². The Balaban J connectivity index is 1.20. The smallest absolute Gasteiger partial charge is 0.264 e. The number of fused-ring (bicyclic) bond motifs is 2. The molecule has 0 saturated carbocycles. The van der Waals surface area contributed by atoms with Gasteiger partial charge in [-0.15, -0.1) is 0 Å². The van der Waals surface area contributed by atoms with Crippen LogP contribution in [0.5, 0.6) is 5.75 Å². The van der Waals surface area contributed by atoms with Crippen molar-refractivity contribution in [1.29, 1.82) is 0 Å². The van der Waals surface area contributed by atoms with E-state index in [-0.39, 0.29) is 49.4 Å². The number of rotatable bonds is 13. The van der Waals surface area contributed by atoms with Crippen LogP contribution in [0.3, 0.4) is 0 Å². The zero-order valence-electron chi connectivity index (χ0n) is 34.0. The minimum Gasteiger partial charge on any atom is -0.497 e. The van der Waals surface area contributed by atoms with E-state index in [1.54, 1.807) is 41.2 Å². The Morgan fingerprint density at radius 3 is 2.27 bits per heavy atom. The number of amides is 3. The van der Waals surface area contributed by atoms with E-state index in [0.717, 1.165) is 16.5 Å². The highest BCUT2D eigenvalue weighted by atomic mass is 28.3. The molecule has 3 aliphatic heterocycles. The number of nitrogens with zero attached hydrogens (tertiary/aromatic N) is 2. The van der Waals surface area contributed by atoms with Crippen molar-refractivity contribution in [2.24, 2.45) is 5.92 Å². The van der Waals surface area contributed by atoms with Crippen molar-refractivity contribution in [3.8, 4) is 5.75 Å². The van der Waals surface area contributed by atoms with Crippen molar-refractivity contribution in [3.63, 3.8) is 0 Å². The highest BCUT2D eigenvalue weighted by Gasteiger charge is 2.66. The molecular weight excluding hydrogens is 787 g/mol. The lowest BCUT2D eigenvalue weighted by molar-refractivity contribution is -0.274. The van der Waals surface area contributed by atoms with Gasteiger partial charge in [-0.25, -0.2) is 0 Å². The Kier molecular flexibility index (Phi) is 12.6. The van der Waals surface area contributed by atoms with Gasteiger partial charge in [-0.2, -0.15) is 0 Å². The van der Waals surface area contributed by atoms with Crippen molar-refractivity contribution in [2.45, 2.75) is 87.5 Å². The Bertz CT molecular complexity index is 2180. The van der Waals surface area contributed by atoms with E-state index in [0.29, 0.717) is 29.0 Å². The molecule has 318 valence electrons. The largest absolute Gasteiger partial charge is 0.497 e. The molecule has 0 unspecified atom stereocenters. The summed E-state index contributed by atoms with van der Waals surface area (Å²) in [7, 11) is -0.965. The average molecular weight is 840 g/mol. The molecule has 2 saturated heterocycles. The highest BCUT2D eigenvalue weighted by molar-refractivity contribution is 6.91. The lowest BCUT2D eigenvalue weighted by atomic mass is 9.82. The normalized spacial score (nSPS) is 27.5. The molecule has 15 heteroatoms. The van der Waals surface area contributed by atoms with Crippen molar-refractivity contribution in [1.82, 2.24) is 4.90 Å². The molecule has 0 radical (unpaired) electrons. The van der Waals surface area contributed by atoms with Crippen LogP contribution in [0, 0.1) is 5.92 Å². The van der Waals surface area contributed by atoms with E-state index in [1.165, 1.54) is 0 Å². The Labute approximate surface area is 349 Å². The van der Waals surface area contributed by atoms with E-state index in [9.17, 15) is 35.1 Å². The molecule has 60 heavy (non-hydrogen) atoms. The molecule has 7 rings (SSSR count). The first-order valence-electron chi connectivity index (χ1n) is 20.1. The number of para-hydroxylation sites is 1. The molecule has 3 heterocycles. The summed E-state index contributed by atoms with van der Waals surface area (Å²) in [5, 5.41) is 54.1. The quantitative estimate of drug-likeness (QED) is 0.108. The Hall–Kier alpha value is -4.97. The summed E-state index contributed by atoms with van der Waals surface area (Å²) in [5.74, 6) is -0.972. The average Bonchev–Trinajstić information content (AvgIpc) is 3.67. The van der Waals surface area contributed by atoms with Gasteiger partial charge in [0.1, 0.15) is 24.1 Å². The molecule has 6 N–H and O–H groups in total. The van der Waals surface area contributed by atoms with Crippen molar-refractivity contribution in [3.05, 3.63) is 120 Å². The van der Waals surface area contributed by atoms with Gasteiger partial charge in [0.05, 0.1) is 46.5 Å². The van der Waals surface area contributed by atoms with Crippen LogP contribution in [0.25, 0.3) is 0 Å². The lowest BCUT2D eigenvalue weighted by Crippen LogP contribution is -2.60. The zero-order valence-corrected chi connectivity index (χ0v) is 35.0. The molecular formula is C45H53N3O11Si. The van der Waals surface area contributed by atoms with Gasteiger partial charge < -0.3 is 54.9 Å². The van der Waals surface area contributed by atoms with Gasteiger partial charge in [-0.05, 0) is 47.0 Å². The summed E-state index contributed by atoms with van der Waals surface area (Å²) < 4.78 is 17.7. The number of carbonyl (C=O) groups is 3. The summed E-state index contributed by atoms with van der Waals surface area (Å²) in [5.41, 5.74) is 1.59. The topological polar surface area (TPSA) is 199 Å². The molecule has 4 aromatic rings. The number of anilines is 2. The number of hydrogen-bond acceptors (Lipinski definition) is 11. The van der Waals surface area contributed by atoms with E-state index in [4.69, 9.17) is 14.2 Å². The number of carbonyl (C=O) groups excluding carboxylic acids is 3. The molecule has 3 amide bonds. The van der Waals surface area contributed by atoms with Gasteiger partial charge in [-0.1, -0.05) is 98.0 Å². The molecule has 0 aliphatic carbocycles. The van der Waals surface area contributed by atoms with Crippen LogP contribution in [0.1, 0.15) is 30.0 Å². The van der Waals surface area contributed by atoms with E-state index >= 15 is 4.79 Å². The predicted molar refractivity (Wildman–Crippen MR) is 225 cm³/mol. The molecule has 9 atom stereocenters. The molecule has 14 nitrogen and oxygen atoms in total. The number of nitrogens with one attached hydrogen (secondary N) is 1. The Morgan fingerprint density at radius 2 is 1.57 bits per heavy atom. The maximum absolute atomic E-state index is 15.3. The third-order valence-electron chi connectivity index (χ3n) is 12.4. The van der Waals surface area contributed by atoms with E-state index < -0.39 is 56.4 Å². The van der Waals surface area contributed by atoms with Crippen LogP contribution in [0.15, 0.2) is 103 Å². The fourth-order valence-electron chi connectivity index (χ4n) is 9.36. The number of ether oxygens (including phenoxy) is 3. The molecule has 3 aliphatic rings. The maximum Gasteiger partial charge on any atom is 0.264 e. The first-order chi connectivity index (χ1) is 28.7. The fourth-order valence-corrected chi connectivity index (χ4v) is 13.4. The summed E-state index contributed by atoms with van der Waals surface area (Å²) in [6.07, 6.45) is -9.58. The van der Waals surface area contributed by atoms with Crippen LogP contribution >= 0.6 is 0 Å². The van der Waals surface area contributed by atoms with Gasteiger partial charge in [0.25, 0.3) is 11.8 Å². The van der Waals surface area contributed by atoms with E-state index in [1.807, 2.05) is 73.7 Å². The molecule has 0 bridgehead atoms. The minimum atomic E-state index is -2.58. The lowest BCUT2D eigenvalue weighted by Gasteiger charge is -2.37. The molecule has 1 spiro atoms. The van der Waals surface area contributed by atoms with Gasteiger partial charge in [0, 0.05) is 30.3 Å². The molecule has 2 fully saturated rings. The first kappa shape index (κ1) is 43.1. The van der Waals surface area contributed by atoms with Crippen LogP contribution in [-0.4, -0.2) is 113 Å². The standard InChI is InChI=1S/C45H53N3O11Si/c1-27-41(60(3,4)32-19-17-31(57-2)18-20-32)35(24-36(50)47(21-22-49)25-28-11-6-5-7-12-28)59-45(27)33-15-8-9-16-34(33)48(44(45)56)26-29-13-10-14-30(23-29)46-42(54)40-38(52)37(51)39(53)43(55)58-40/h5-20,23,27,35,37-41,43,49,51-53,55H,21-22,24-26H2,1-4H3,(H,46,54)/t27-,35+,37+,38+,39-,40+,41-,43-,45+/m1/s1. The monoisotopic (exact) mass is 839 g/mol. The fraction of sp³-hybridized carbons (Fsp3) is 0.400. The number of aliphatic hydroxyl groups excluding tert-OH is 5. The number of methoxy groups -OCH3 is 1. The van der Waals surface area contributed by atoms with E-state index in [2.05, 4.69) is 30.5 Å². The summed E-state index contributed by atoms with van der Waals surface area (Å²) in [6.45, 7) is 6.88. The second-order valence-corrected chi connectivity index (χ2v) is 21.1. The maximum atomic E-state index is 15.3. The highest BCUT2D eigenvalue weighted by Crippen LogP contribution is 2.60. The van der Waals surface area contributed by atoms with Crippen LogP contribution in [0.4, 0.5) is 11.4 Å². The molecule has 4 aromatic carbocycles. The van der Waals surface area contributed by atoms with Crippen LogP contribution in [0.2, 0.25) is 18.6 Å². The summed E-state index contributed by atoms with van der Waals surface area (Å²) in [6, 6.07) is 31.9. The van der Waals surface area contributed by atoms with Gasteiger partial charge in [0.15, 0.2) is 18.0 Å². The number of aliphatic hydroxyl groups is 5. The first-order valence-corrected chi connectivity index (χ1v) is 23.2. The minimum absolute atomic E-state index is 0.000211. The van der Waals surface area contributed by atoms with Crippen molar-refractivity contribution >= 4 is 42.4 Å². The van der Waals surface area contributed by atoms with Crippen LogP contribution in [-0.2, 0) is 42.5 Å². The number of benzene rings is 4. The van der Waals surface area contributed by atoms with Gasteiger partial charge in [0.2, 0.25) is 5.91 Å². The summed E-state index contributed by atoms with van der Waals surface area (Å²) in [4.78, 5) is 46.1. The zero-order chi connectivity index (χ0) is 42.9. The van der Waals surface area contributed by atoms with Crippen LogP contribution < -0.4 is 20.1 Å². The summed E-state index contributed by atoms with van der Waals surface area (Å²) >= 11 is 0. The second kappa shape index (κ2) is 17.6. The van der Waals surface area contributed by atoms with Crippen molar-refractivity contribution in [2.75, 3.05) is 30.5 Å². The van der Waals surface area contributed by atoms with Gasteiger partial charge in [-0.3, -0.25) is 14.4 Å². The third kappa shape index (κ3) is 7.99.